The van der Waals surface area contributed by atoms with Gasteiger partial charge < -0.3 is 9.47 Å². The molecular formula is C52H34N2S. The van der Waals surface area contributed by atoms with Gasteiger partial charge >= 0.3 is 0 Å². The van der Waals surface area contributed by atoms with Gasteiger partial charge in [0.1, 0.15) is 0 Å². The molecule has 0 radical (unpaired) electrons. The van der Waals surface area contributed by atoms with Crippen LogP contribution < -0.4 is 4.90 Å². The van der Waals surface area contributed by atoms with Crippen molar-refractivity contribution in [3.63, 3.8) is 0 Å². The van der Waals surface area contributed by atoms with Crippen molar-refractivity contribution in [1.29, 1.82) is 0 Å². The zero-order valence-electron chi connectivity index (χ0n) is 29.9. The first-order valence-corrected chi connectivity index (χ1v) is 19.6. The molecule has 0 amide bonds. The molecule has 2 nitrogen and oxygen atoms in total. The van der Waals surface area contributed by atoms with Crippen molar-refractivity contribution < 1.29 is 0 Å². The van der Waals surface area contributed by atoms with Crippen molar-refractivity contribution in [2.24, 2.45) is 0 Å². The highest BCUT2D eigenvalue weighted by Gasteiger charge is 2.22. The van der Waals surface area contributed by atoms with Crippen LogP contribution in [0, 0.1) is 0 Å². The maximum absolute atomic E-state index is 2.48. The third-order valence-corrected chi connectivity index (χ3v) is 12.1. The van der Waals surface area contributed by atoms with E-state index in [4.69, 9.17) is 0 Å². The van der Waals surface area contributed by atoms with Gasteiger partial charge in [0.25, 0.3) is 0 Å². The Labute approximate surface area is 323 Å². The number of para-hydroxylation sites is 1. The van der Waals surface area contributed by atoms with Crippen LogP contribution in [0.2, 0.25) is 0 Å². The average molecular weight is 719 g/mol. The van der Waals surface area contributed by atoms with E-state index in [1.165, 1.54) is 75.0 Å². The van der Waals surface area contributed by atoms with E-state index >= 15 is 0 Å². The molecule has 11 rings (SSSR count). The van der Waals surface area contributed by atoms with Crippen molar-refractivity contribution in [1.82, 2.24) is 4.57 Å². The molecule has 55 heavy (non-hydrogen) atoms. The molecule has 9 aromatic carbocycles. The Kier molecular flexibility index (Phi) is 7.39. The topological polar surface area (TPSA) is 8.17 Å². The van der Waals surface area contributed by atoms with E-state index in [1.807, 2.05) is 11.3 Å². The molecule has 0 aliphatic carbocycles. The van der Waals surface area contributed by atoms with E-state index in [0.717, 1.165) is 22.7 Å². The van der Waals surface area contributed by atoms with Crippen molar-refractivity contribution >= 4 is 81.1 Å². The third-order valence-electron chi connectivity index (χ3n) is 10.9. The average Bonchev–Trinajstić information content (AvgIpc) is 3.80. The molecular weight excluding hydrogens is 685 g/mol. The van der Waals surface area contributed by atoms with Crippen LogP contribution in [0.4, 0.5) is 17.1 Å². The number of aromatic nitrogens is 1. The molecule has 0 fully saturated rings. The fourth-order valence-corrected chi connectivity index (χ4v) is 9.58. The van der Waals surface area contributed by atoms with Crippen LogP contribution >= 0.6 is 11.3 Å². The molecule has 0 spiro atoms. The first-order chi connectivity index (χ1) is 27.3. The summed E-state index contributed by atoms with van der Waals surface area (Å²) in [4.78, 5) is 2.41. The molecule has 2 heterocycles. The van der Waals surface area contributed by atoms with Crippen LogP contribution in [-0.4, -0.2) is 4.57 Å². The van der Waals surface area contributed by atoms with Gasteiger partial charge in [0, 0.05) is 59.1 Å². The summed E-state index contributed by atoms with van der Waals surface area (Å²) in [7, 11) is 0. The fourth-order valence-electron chi connectivity index (χ4n) is 8.44. The highest BCUT2D eigenvalue weighted by Crippen LogP contribution is 2.46. The van der Waals surface area contributed by atoms with Crippen LogP contribution in [0.25, 0.3) is 80.7 Å². The Bertz CT molecular complexity index is 3180. The van der Waals surface area contributed by atoms with Gasteiger partial charge in [-0.3, -0.25) is 0 Å². The summed E-state index contributed by atoms with van der Waals surface area (Å²) in [6, 6.07) is 75.2. The number of nitrogens with zero attached hydrogens (tertiary/aromatic N) is 2. The van der Waals surface area contributed by atoms with Gasteiger partial charge in [-0.25, -0.2) is 0 Å². The van der Waals surface area contributed by atoms with E-state index in [1.54, 1.807) is 0 Å². The lowest BCUT2D eigenvalue weighted by Crippen LogP contribution is -2.09. The van der Waals surface area contributed by atoms with Gasteiger partial charge in [-0.2, -0.15) is 0 Å². The zero-order chi connectivity index (χ0) is 36.3. The molecule has 3 heteroatoms. The highest BCUT2D eigenvalue weighted by molar-refractivity contribution is 7.25. The molecule has 258 valence electrons. The smallest absolute Gasteiger partial charge is 0.0625 e. The number of thiophene rings is 1. The molecule has 0 N–H and O–H groups in total. The molecule has 0 unspecified atom stereocenters. The highest BCUT2D eigenvalue weighted by atomic mass is 32.1. The second-order valence-electron chi connectivity index (χ2n) is 14.1. The summed E-state index contributed by atoms with van der Waals surface area (Å²) in [6.07, 6.45) is 0. The Morgan fingerprint density at radius 2 is 0.982 bits per heavy atom. The lowest BCUT2D eigenvalue weighted by molar-refractivity contribution is 1.18. The summed E-state index contributed by atoms with van der Waals surface area (Å²) >= 11 is 1.86. The minimum Gasteiger partial charge on any atom is -0.310 e. The van der Waals surface area contributed by atoms with Crippen molar-refractivity contribution in [2.75, 3.05) is 4.90 Å². The predicted molar refractivity (Wildman–Crippen MR) is 237 cm³/mol. The minimum atomic E-state index is 1.12. The largest absolute Gasteiger partial charge is 0.310 e. The number of hydrogen-bond acceptors (Lipinski definition) is 2. The van der Waals surface area contributed by atoms with Gasteiger partial charge in [-0.05, 0) is 94.4 Å². The zero-order valence-corrected chi connectivity index (χ0v) is 30.7. The second kappa shape index (κ2) is 12.9. The monoisotopic (exact) mass is 718 g/mol. The molecule has 0 aliphatic heterocycles. The maximum Gasteiger partial charge on any atom is 0.0625 e. The van der Waals surface area contributed by atoms with Crippen LogP contribution in [0.5, 0.6) is 0 Å². The Balaban J connectivity index is 1.20. The molecule has 0 saturated heterocycles. The van der Waals surface area contributed by atoms with Crippen LogP contribution in [-0.2, 0) is 0 Å². The van der Waals surface area contributed by atoms with Crippen LogP contribution in [0.15, 0.2) is 206 Å². The number of benzene rings is 9. The van der Waals surface area contributed by atoms with Crippen molar-refractivity contribution in [3.8, 4) is 27.9 Å². The molecule has 0 bridgehead atoms. The van der Waals surface area contributed by atoms with Gasteiger partial charge in [0.05, 0.1) is 11.0 Å². The van der Waals surface area contributed by atoms with Gasteiger partial charge in [-0.15, -0.1) is 11.3 Å². The minimum absolute atomic E-state index is 1.12. The maximum atomic E-state index is 2.48. The van der Waals surface area contributed by atoms with Gasteiger partial charge in [0.15, 0.2) is 0 Å². The summed E-state index contributed by atoms with van der Waals surface area (Å²) in [6.45, 7) is 0. The Morgan fingerprint density at radius 3 is 1.76 bits per heavy atom. The number of rotatable bonds is 6. The van der Waals surface area contributed by atoms with Crippen molar-refractivity contribution in [3.05, 3.63) is 206 Å². The summed E-state index contributed by atoms with van der Waals surface area (Å²) in [5, 5.41) is 7.54. The lowest BCUT2D eigenvalue weighted by atomic mass is 9.95. The van der Waals surface area contributed by atoms with E-state index in [9.17, 15) is 0 Å². The Morgan fingerprint density at radius 1 is 0.382 bits per heavy atom. The van der Waals surface area contributed by atoms with E-state index < -0.39 is 0 Å². The number of fused-ring (bicyclic) bond motifs is 8. The summed E-state index contributed by atoms with van der Waals surface area (Å²) < 4.78 is 5.08. The van der Waals surface area contributed by atoms with Crippen LogP contribution in [0.1, 0.15) is 0 Å². The first-order valence-electron chi connectivity index (χ1n) is 18.8. The second-order valence-corrected chi connectivity index (χ2v) is 15.2. The van der Waals surface area contributed by atoms with Crippen LogP contribution in [0.3, 0.4) is 0 Å². The Hall–Kier alpha value is -6.94. The molecule has 0 atom stereocenters. The molecule has 11 aromatic rings. The third kappa shape index (κ3) is 5.24. The number of hydrogen-bond donors (Lipinski definition) is 0. The number of anilines is 3. The summed E-state index contributed by atoms with van der Waals surface area (Å²) in [5.41, 5.74) is 11.8. The SMILES string of the molecule is c1ccc(-c2ccc(-n3c4ccc(N(c5ccccc5)c5ccc6c(c5)sc5ccccc56)cc4c4c(-c5ccccc5)cc5ccccc5c43)cc2)cc1. The van der Waals surface area contributed by atoms with Gasteiger partial charge in [-0.1, -0.05) is 140 Å². The lowest BCUT2D eigenvalue weighted by Gasteiger charge is -2.26. The molecule has 0 saturated carbocycles. The van der Waals surface area contributed by atoms with E-state index in [-0.39, 0.29) is 0 Å². The summed E-state index contributed by atoms with van der Waals surface area (Å²) in [5.74, 6) is 0. The molecule has 2 aromatic heterocycles. The quantitative estimate of drug-likeness (QED) is 0.166. The van der Waals surface area contributed by atoms with Crippen molar-refractivity contribution in [2.45, 2.75) is 0 Å². The van der Waals surface area contributed by atoms with E-state index in [0.29, 0.717) is 0 Å². The van der Waals surface area contributed by atoms with Gasteiger partial charge in [0.2, 0.25) is 0 Å². The fraction of sp³-hybridized carbons (Fsp3) is 0. The standard InChI is InChI=1S/C52H34N2S/c1-4-14-35(15-5-1)36-24-26-40(27-25-36)54-48-31-29-41(33-47(48)51-46(37-16-6-2-7-17-37)32-38-18-10-11-21-43(38)52(51)54)53(39-19-8-3-9-20-39)42-28-30-45-44-22-12-13-23-49(44)55-50(45)34-42/h1-34H. The normalized spacial score (nSPS) is 11.6. The van der Waals surface area contributed by atoms with E-state index in [2.05, 4.69) is 216 Å². The molecule has 0 aliphatic rings. The first kappa shape index (κ1) is 31.6. The predicted octanol–water partition coefficient (Wildman–Crippen LogP) is 15.1.